The zero-order valence-corrected chi connectivity index (χ0v) is 14.2. The van der Waals surface area contributed by atoms with Gasteiger partial charge in [-0.1, -0.05) is 27.7 Å². The Morgan fingerprint density at radius 1 is 1.30 bits per heavy atom. The molecule has 3 atom stereocenters. The zero-order chi connectivity index (χ0) is 15.6. The third-order valence-corrected chi connectivity index (χ3v) is 5.24. The van der Waals surface area contributed by atoms with Crippen molar-refractivity contribution >= 4 is 10.2 Å². The van der Waals surface area contributed by atoms with Gasteiger partial charge in [0, 0.05) is 19.6 Å². The van der Waals surface area contributed by atoms with Crippen molar-refractivity contribution in [2.75, 3.05) is 19.6 Å². The SMILES string of the molecule is C[C@@H]1C[C@H](C)CN(S(=O)(=O)NCC(C)(C)C[C@H](C)O)C1. The molecule has 1 saturated heterocycles. The maximum absolute atomic E-state index is 12.4. The van der Waals surface area contributed by atoms with Gasteiger partial charge in [-0.05, 0) is 37.0 Å². The third-order valence-electron chi connectivity index (χ3n) is 3.76. The van der Waals surface area contributed by atoms with Crippen molar-refractivity contribution in [1.82, 2.24) is 9.03 Å². The molecule has 0 amide bonds. The molecule has 6 heteroatoms. The van der Waals surface area contributed by atoms with Crippen molar-refractivity contribution < 1.29 is 13.5 Å². The van der Waals surface area contributed by atoms with E-state index in [1.807, 2.05) is 13.8 Å². The van der Waals surface area contributed by atoms with Crippen LogP contribution in [0.4, 0.5) is 0 Å². The first-order chi connectivity index (χ1) is 9.02. The standard InChI is InChI=1S/C14H30N2O3S/c1-11-6-12(2)9-16(8-11)20(18,19)15-10-14(4,5)7-13(3)17/h11-13,15,17H,6-10H2,1-5H3/t11-,12+,13-/m0/s1. The minimum atomic E-state index is -3.42. The zero-order valence-electron chi connectivity index (χ0n) is 13.4. The van der Waals surface area contributed by atoms with Gasteiger partial charge in [-0.3, -0.25) is 0 Å². The molecule has 0 aromatic rings. The Labute approximate surface area is 123 Å². The van der Waals surface area contributed by atoms with Crippen molar-refractivity contribution in [3.05, 3.63) is 0 Å². The first-order valence-corrected chi connectivity index (χ1v) is 8.88. The summed E-state index contributed by atoms with van der Waals surface area (Å²) in [6.07, 6.45) is 1.23. The van der Waals surface area contributed by atoms with Crippen LogP contribution in [0.5, 0.6) is 0 Å². The number of piperidine rings is 1. The van der Waals surface area contributed by atoms with Gasteiger partial charge in [0.05, 0.1) is 6.10 Å². The lowest BCUT2D eigenvalue weighted by atomic mass is 9.87. The molecule has 0 unspecified atom stereocenters. The van der Waals surface area contributed by atoms with Crippen LogP contribution in [0.25, 0.3) is 0 Å². The van der Waals surface area contributed by atoms with E-state index in [1.165, 1.54) is 0 Å². The molecular formula is C14H30N2O3S. The van der Waals surface area contributed by atoms with E-state index in [-0.39, 0.29) is 5.41 Å². The lowest BCUT2D eigenvalue weighted by Crippen LogP contribution is -2.49. The normalized spacial score (nSPS) is 27.5. The largest absolute Gasteiger partial charge is 0.393 e. The molecule has 0 radical (unpaired) electrons. The molecule has 0 aromatic carbocycles. The molecule has 0 aliphatic carbocycles. The fourth-order valence-electron chi connectivity index (χ4n) is 3.05. The number of aliphatic hydroxyl groups excluding tert-OH is 1. The summed E-state index contributed by atoms with van der Waals surface area (Å²) in [4.78, 5) is 0. The highest BCUT2D eigenvalue weighted by Crippen LogP contribution is 2.24. The molecule has 20 heavy (non-hydrogen) atoms. The molecule has 0 aromatic heterocycles. The Bertz CT molecular complexity index is 397. The Hall–Kier alpha value is -0.170. The molecule has 2 N–H and O–H groups in total. The second kappa shape index (κ2) is 6.73. The van der Waals surface area contributed by atoms with Crippen LogP contribution < -0.4 is 4.72 Å². The summed E-state index contributed by atoms with van der Waals surface area (Å²) in [5.41, 5.74) is -0.256. The lowest BCUT2D eigenvalue weighted by Gasteiger charge is -2.35. The molecule has 1 fully saturated rings. The Morgan fingerprint density at radius 2 is 1.80 bits per heavy atom. The lowest BCUT2D eigenvalue weighted by molar-refractivity contribution is 0.130. The van der Waals surface area contributed by atoms with Crippen LogP contribution in [-0.4, -0.2) is 43.6 Å². The molecule has 120 valence electrons. The molecule has 1 heterocycles. The fraction of sp³-hybridized carbons (Fsp3) is 1.00. The maximum atomic E-state index is 12.4. The van der Waals surface area contributed by atoms with Gasteiger partial charge in [0.15, 0.2) is 0 Å². The second-order valence-corrected chi connectivity index (χ2v) is 9.06. The highest BCUT2D eigenvalue weighted by Gasteiger charge is 2.31. The predicted octanol–water partition coefficient (Wildman–Crippen LogP) is 1.60. The number of hydrogen-bond acceptors (Lipinski definition) is 3. The van der Waals surface area contributed by atoms with Gasteiger partial charge < -0.3 is 5.11 Å². The molecule has 5 nitrogen and oxygen atoms in total. The quantitative estimate of drug-likeness (QED) is 0.783. The molecule has 1 aliphatic heterocycles. The van der Waals surface area contributed by atoms with Crippen LogP contribution in [-0.2, 0) is 10.2 Å². The molecule has 0 saturated carbocycles. The van der Waals surface area contributed by atoms with Gasteiger partial charge >= 0.3 is 0 Å². The maximum Gasteiger partial charge on any atom is 0.279 e. The number of hydrogen-bond donors (Lipinski definition) is 2. The van der Waals surface area contributed by atoms with E-state index >= 15 is 0 Å². The van der Waals surface area contributed by atoms with Crippen molar-refractivity contribution in [3.8, 4) is 0 Å². The smallest absolute Gasteiger partial charge is 0.279 e. The number of nitrogens with zero attached hydrogens (tertiary/aromatic N) is 1. The third kappa shape index (κ3) is 5.68. The summed E-state index contributed by atoms with van der Waals surface area (Å²) in [6.45, 7) is 11.4. The molecule has 1 aliphatic rings. The van der Waals surface area contributed by atoms with E-state index in [2.05, 4.69) is 18.6 Å². The van der Waals surface area contributed by atoms with Crippen LogP contribution in [0.3, 0.4) is 0 Å². The minimum absolute atomic E-state index is 0.256. The van der Waals surface area contributed by atoms with Gasteiger partial charge in [-0.2, -0.15) is 12.7 Å². The number of aliphatic hydroxyl groups is 1. The summed E-state index contributed by atoms with van der Waals surface area (Å²) >= 11 is 0. The molecular weight excluding hydrogens is 276 g/mol. The average Bonchev–Trinajstić information content (AvgIpc) is 2.23. The predicted molar refractivity (Wildman–Crippen MR) is 81.5 cm³/mol. The summed E-state index contributed by atoms with van der Waals surface area (Å²) < 4.78 is 29.0. The van der Waals surface area contributed by atoms with Gasteiger partial charge in [0.25, 0.3) is 10.2 Å². The first-order valence-electron chi connectivity index (χ1n) is 7.44. The average molecular weight is 306 g/mol. The fourth-order valence-corrected chi connectivity index (χ4v) is 4.71. The van der Waals surface area contributed by atoms with Crippen LogP contribution in [0.15, 0.2) is 0 Å². The number of nitrogens with one attached hydrogen (secondary N) is 1. The van der Waals surface area contributed by atoms with E-state index in [1.54, 1.807) is 11.2 Å². The van der Waals surface area contributed by atoms with Crippen molar-refractivity contribution in [2.24, 2.45) is 17.3 Å². The van der Waals surface area contributed by atoms with Gasteiger partial charge in [-0.25, -0.2) is 4.72 Å². The minimum Gasteiger partial charge on any atom is -0.393 e. The topological polar surface area (TPSA) is 69.6 Å². The van der Waals surface area contributed by atoms with Gasteiger partial charge in [0.2, 0.25) is 0 Å². The van der Waals surface area contributed by atoms with E-state index in [0.717, 1.165) is 6.42 Å². The number of rotatable bonds is 6. The van der Waals surface area contributed by atoms with Gasteiger partial charge in [0.1, 0.15) is 0 Å². The molecule has 0 spiro atoms. The van der Waals surface area contributed by atoms with Gasteiger partial charge in [-0.15, -0.1) is 0 Å². The summed E-state index contributed by atoms with van der Waals surface area (Å²) in [6, 6.07) is 0. The molecule has 1 rings (SSSR count). The van der Waals surface area contributed by atoms with Crippen molar-refractivity contribution in [2.45, 2.75) is 53.6 Å². The van der Waals surface area contributed by atoms with Crippen LogP contribution in [0.2, 0.25) is 0 Å². The summed E-state index contributed by atoms with van der Waals surface area (Å²) in [7, 11) is -3.42. The summed E-state index contributed by atoms with van der Waals surface area (Å²) in [5, 5.41) is 9.45. The monoisotopic (exact) mass is 306 g/mol. The summed E-state index contributed by atoms with van der Waals surface area (Å²) in [5.74, 6) is 0.807. The van der Waals surface area contributed by atoms with Crippen LogP contribution >= 0.6 is 0 Å². The first kappa shape index (κ1) is 17.9. The Balaban J connectivity index is 2.61. The van der Waals surface area contributed by atoms with E-state index in [9.17, 15) is 13.5 Å². The molecule has 0 bridgehead atoms. The highest BCUT2D eigenvalue weighted by molar-refractivity contribution is 7.87. The van der Waals surface area contributed by atoms with Crippen molar-refractivity contribution in [3.63, 3.8) is 0 Å². The van der Waals surface area contributed by atoms with Crippen LogP contribution in [0.1, 0.15) is 47.5 Å². The van der Waals surface area contributed by atoms with Crippen LogP contribution in [0, 0.1) is 17.3 Å². The van der Waals surface area contributed by atoms with Crippen molar-refractivity contribution in [1.29, 1.82) is 0 Å². The second-order valence-electron chi connectivity index (χ2n) is 7.31. The highest BCUT2D eigenvalue weighted by atomic mass is 32.2. The van der Waals surface area contributed by atoms with E-state index in [0.29, 0.717) is 37.9 Å². The Kier molecular flexibility index (Phi) is 6.01. The van der Waals surface area contributed by atoms with E-state index < -0.39 is 16.3 Å². The Morgan fingerprint density at radius 3 is 2.25 bits per heavy atom. The van der Waals surface area contributed by atoms with E-state index in [4.69, 9.17) is 0 Å².